The van der Waals surface area contributed by atoms with Crippen molar-refractivity contribution in [1.82, 2.24) is 4.90 Å². The Kier molecular flexibility index (Phi) is 3.62. The summed E-state index contributed by atoms with van der Waals surface area (Å²) in [6, 6.07) is 8.07. The van der Waals surface area contributed by atoms with E-state index in [0.29, 0.717) is 6.04 Å². The highest BCUT2D eigenvalue weighted by atomic mass is 79.9. The number of halogens is 1. The smallest absolute Gasteiger partial charge is 0.0353 e. The molecular formula is C15H21BrN2. The Morgan fingerprint density at radius 1 is 1.28 bits per heavy atom. The third kappa shape index (κ3) is 2.57. The van der Waals surface area contributed by atoms with E-state index in [4.69, 9.17) is 0 Å². The number of nitrogens with one attached hydrogen (secondary N) is 1. The average Bonchev–Trinajstić information content (AvgIpc) is 2.81. The molecule has 18 heavy (non-hydrogen) atoms. The van der Waals surface area contributed by atoms with Crippen LogP contribution in [0.4, 0.5) is 5.69 Å². The molecule has 1 aromatic carbocycles. The van der Waals surface area contributed by atoms with Crippen molar-refractivity contribution in [2.24, 2.45) is 0 Å². The van der Waals surface area contributed by atoms with E-state index in [9.17, 15) is 0 Å². The summed E-state index contributed by atoms with van der Waals surface area (Å²) < 4.78 is 1.20. The maximum Gasteiger partial charge on any atom is 0.0353 e. The molecule has 2 fully saturated rings. The van der Waals surface area contributed by atoms with Gasteiger partial charge in [0, 0.05) is 28.8 Å². The van der Waals surface area contributed by atoms with Gasteiger partial charge in [0.1, 0.15) is 0 Å². The Labute approximate surface area is 118 Å². The molecule has 2 unspecified atom stereocenters. The molecule has 3 heteroatoms. The Morgan fingerprint density at radius 3 is 3.00 bits per heavy atom. The first-order chi connectivity index (χ1) is 8.72. The summed E-state index contributed by atoms with van der Waals surface area (Å²) in [5.74, 6) is 0. The number of rotatable bonds is 2. The van der Waals surface area contributed by atoms with E-state index in [2.05, 4.69) is 51.3 Å². The van der Waals surface area contributed by atoms with Gasteiger partial charge in [-0.3, -0.25) is 0 Å². The third-order valence-corrected chi connectivity index (χ3v) is 5.22. The zero-order valence-corrected chi connectivity index (χ0v) is 12.5. The van der Waals surface area contributed by atoms with E-state index in [-0.39, 0.29) is 0 Å². The van der Waals surface area contributed by atoms with Crippen molar-refractivity contribution in [3.05, 3.63) is 28.2 Å². The van der Waals surface area contributed by atoms with E-state index in [1.165, 1.54) is 54.5 Å². The molecule has 1 N–H and O–H groups in total. The van der Waals surface area contributed by atoms with Crippen molar-refractivity contribution in [2.75, 3.05) is 18.4 Å². The molecule has 0 saturated carbocycles. The Balaban J connectivity index is 1.64. The maximum atomic E-state index is 3.70. The second-order valence-corrected chi connectivity index (χ2v) is 6.52. The van der Waals surface area contributed by atoms with Crippen LogP contribution in [0.25, 0.3) is 0 Å². The van der Waals surface area contributed by atoms with Crippen molar-refractivity contribution in [2.45, 2.75) is 44.7 Å². The van der Waals surface area contributed by atoms with Gasteiger partial charge in [-0.25, -0.2) is 0 Å². The third-order valence-electron chi connectivity index (χ3n) is 4.36. The van der Waals surface area contributed by atoms with Gasteiger partial charge in [0.2, 0.25) is 0 Å². The number of hydrogen-bond donors (Lipinski definition) is 1. The lowest BCUT2D eigenvalue weighted by atomic mass is 9.97. The minimum atomic E-state index is 0.652. The van der Waals surface area contributed by atoms with Crippen LogP contribution >= 0.6 is 15.9 Å². The van der Waals surface area contributed by atoms with E-state index in [0.717, 1.165) is 6.04 Å². The zero-order valence-electron chi connectivity index (χ0n) is 11.0. The molecule has 0 spiro atoms. The van der Waals surface area contributed by atoms with Crippen LogP contribution in [-0.4, -0.2) is 30.1 Å². The highest BCUT2D eigenvalue weighted by Crippen LogP contribution is 2.29. The molecule has 0 aliphatic carbocycles. The van der Waals surface area contributed by atoms with E-state index >= 15 is 0 Å². The summed E-state index contributed by atoms with van der Waals surface area (Å²) in [7, 11) is 0. The predicted molar refractivity (Wildman–Crippen MR) is 80.1 cm³/mol. The van der Waals surface area contributed by atoms with E-state index in [1.807, 2.05) is 0 Å². The fourth-order valence-corrected chi connectivity index (χ4v) is 3.65. The van der Waals surface area contributed by atoms with Gasteiger partial charge >= 0.3 is 0 Å². The van der Waals surface area contributed by atoms with Crippen LogP contribution in [0.2, 0.25) is 0 Å². The molecule has 2 nitrogen and oxygen atoms in total. The van der Waals surface area contributed by atoms with Crippen LogP contribution in [0.1, 0.15) is 31.2 Å². The first-order valence-electron chi connectivity index (χ1n) is 6.99. The van der Waals surface area contributed by atoms with Crippen molar-refractivity contribution >= 4 is 21.6 Å². The van der Waals surface area contributed by atoms with Gasteiger partial charge in [-0.1, -0.05) is 22.0 Å². The van der Waals surface area contributed by atoms with Crippen LogP contribution in [0.3, 0.4) is 0 Å². The van der Waals surface area contributed by atoms with Crippen molar-refractivity contribution in [3.63, 3.8) is 0 Å². The topological polar surface area (TPSA) is 15.3 Å². The highest BCUT2D eigenvalue weighted by molar-refractivity contribution is 9.10. The normalized spacial score (nSPS) is 28.1. The monoisotopic (exact) mass is 308 g/mol. The molecule has 2 aliphatic rings. The van der Waals surface area contributed by atoms with Crippen LogP contribution in [0, 0.1) is 6.92 Å². The van der Waals surface area contributed by atoms with Gasteiger partial charge in [0.15, 0.2) is 0 Å². The number of nitrogens with zero attached hydrogens (tertiary/aromatic N) is 1. The van der Waals surface area contributed by atoms with Gasteiger partial charge in [0.05, 0.1) is 0 Å². The summed E-state index contributed by atoms with van der Waals surface area (Å²) in [5, 5.41) is 3.70. The molecule has 98 valence electrons. The molecule has 2 aliphatic heterocycles. The maximum absolute atomic E-state index is 3.70. The molecular weight excluding hydrogens is 288 g/mol. The second kappa shape index (κ2) is 5.22. The minimum Gasteiger partial charge on any atom is -0.382 e. The quantitative estimate of drug-likeness (QED) is 0.894. The SMILES string of the molecule is Cc1ccc(NC2CCN3CCCC3C2)cc1Br. The highest BCUT2D eigenvalue weighted by Gasteiger charge is 2.31. The molecule has 0 radical (unpaired) electrons. The lowest BCUT2D eigenvalue weighted by Crippen LogP contribution is -2.42. The summed E-state index contributed by atoms with van der Waals surface area (Å²) in [6.45, 7) is 4.73. The molecule has 2 atom stereocenters. The number of benzene rings is 1. The zero-order chi connectivity index (χ0) is 12.5. The fraction of sp³-hybridized carbons (Fsp3) is 0.600. The van der Waals surface area contributed by atoms with Crippen molar-refractivity contribution in [3.8, 4) is 0 Å². The van der Waals surface area contributed by atoms with Gasteiger partial charge in [0.25, 0.3) is 0 Å². The Bertz CT molecular complexity index is 433. The second-order valence-electron chi connectivity index (χ2n) is 5.66. The number of piperidine rings is 1. The number of anilines is 1. The van der Waals surface area contributed by atoms with Crippen LogP contribution in [-0.2, 0) is 0 Å². The Morgan fingerprint density at radius 2 is 2.17 bits per heavy atom. The molecule has 1 aromatic rings. The number of fused-ring (bicyclic) bond motifs is 1. The summed E-state index contributed by atoms with van der Waals surface area (Å²) in [5.41, 5.74) is 2.55. The molecule has 2 saturated heterocycles. The average molecular weight is 309 g/mol. The van der Waals surface area contributed by atoms with E-state index < -0.39 is 0 Å². The van der Waals surface area contributed by atoms with Crippen molar-refractivity contribution < 1.29 is 0 Å². The standard InChI is InChI=1S/C15H21BrN2/c1-11-4-5-12(10-15(11)16)17-13-6-8-18-7-2-3-14(18)9-13/h4-5,10,13-14,17H,2-3,6-9H2,1H3. The van der Waals surface area contributed by atoms with Gasteiger partial charge < -0.3 is 10.2 Å². The molecule has 3 rings (SSSR count). The van der Waals surface area contributed by atoms with Gasteiger partial charge in [-0.2, -0.15) is 0 Å². The Hall–Kier alpha value is -0.540. The van der Waals surface area contributed by atoms with Crippen LogP contribution in [0.5, 0.6) is 0 Å². The van der Waals surface area contributed by atoms with Gasteiger partial charge in [-0.15, -0.1) is 0 Å². The predicted octanol–water partition coefficient (Wildman–Crippen LogP) is 3.80. The fourth-order valence-electron chi connectivity index (χ4n) is 3.27. The van der Waals surface area contributed by atoms with Crippen LogP contribution < -0.4 is 5.32 Å². The number of aryl methyl sites for hydroxylation is 1. The molecule has 0 amide bonds. The molecule has 2 heterocycles. The minimum absolute atomic E-state index is 0.652. The largest absolute Gasteiger partial charge is 0.382 e. The summed E-state index contributed by atoms with van der Waals surface area (Å²) >= 11 is 3.61. The van der Waals surface area contributed by atoms with Gasteiger partial charge in [-0.05, 0) is 56.8 Å². The van der Waals surface area contributed by atoms with Crippen molar-refractivity contribution in [1.29, 1.82) is 0 Å². The lowest BCUT2D eigenvalue weighted by molar-refractivity contribution is 0.188. The number of hydrogen-bond acceptors (Lipinski definition) is 2. The first kappa shape index (κ1) is 12.5. The molecule has 0 bridgehead atoms. The first-order valence-corrected chi connectivity index (χ1v) is 7.78. The summed E-state index contributed by atoms with van der Waals surface area (Å²) in [6.07, 6.45) is 5.39. The van der Waals surface area contributed by atoms with Crippen LogP contribution in [0.15, 0.2) is 22.7 Å². The molecule has 0 aromatic heterocycles. The van der Waals surface area contributed by atoms with E-state index in [1.54, 1.807) is 0 Å². The lowest BCUT2D eigenvalue weighted by Gasteiger charge is -2.35. The summed E-state index contributed by atoms with van der Waals surface area (Å²) in [4.78, 5) is 2.67.